The quantitative estimate of drug-likeness (QED) is 0.626. The molecule has 0 atom stereocenters. The lowest BCUT2D eigenvalue weighted by Gasteiger charge is -2.09. The molecule has 3 N–H and O–H groups in total. The summed E-state index contributed by atoms with van der Waals surface area (Å²) in [5.74, 6) is -1.18. The first kappa shape index (κ1) is 17.9. The molecule has 3 amide bonds. The smallest absolute Gasteiger partial charge is 0.269 e. The average Bonchev–Trinajstić information content (AvgIpc) is 2.73. The average molecular weight is 359 g/mol. The van der Waals surface area contributed by atoms with Gasteiger partial charge in [-0.1, -0.05) is 42.5 Å². The summed E-state index contributed by atoms with van der Waals surface area (Å²) in [6.07, 6.45) is 0. The summed E-state index contributed by atoms with van der Waals surface area (Å²) < 4.78 is 0. The minimum Gasteiger partial charge on any atom is -0.322 e. The Bertz CT molecular complexity index is 957. The summed E-state index contributed by atoms with van der Waals surface area (Å²) in [6.45, 7) is 0. The Kier molecular flexibility index (Phi) is 5.59. The number of benzene rings is 3. The van der Waals surface area contributed by atoms with Gasteiger partial charge >= 0.3 is 0 Å². The molecule has 0 saturated carbocycles. The third kappa shape index (κ3) is 4.79. The maximum absolute atomic E-state index is 12.2. The van der Waals surface area contributed by atoms with E-state index in [-0.39, 0.29) is 5.91 Å². The summed E-state index contributed by atoms with van der Waals surface area (Å²) in [4.78, 5) is 36.4. The summed E-state index contributed by atoms with van der Waals surface area (Å²) in [7, 11) is 0. The first-order chi connectivity index (χ1) is 13.1. The molecule has 0 saturated heterocycles. The Morgan fingerprint density at radius 2 is 1.00 bits per heavy atom. The maximum Gasteiger partial charge on any atom is 0.269 e. The molecule has 0 fully saturated rings. The lowest BCUT2D eigenvalue weighted by atomic mass is 10.1. The number of carbonyl (C=O) groups excluding carboxylic acids is 3. The van der Waals surface area contributed by atoms with Crippen LogP contribution in [-0.4, -0.2) is 17.7 Å². The molecule has 6 nitrogen and oxygen atoms in total. The largest absolute Gasteiger partial charge is 0.322 e. The number of carbonyl (C=O) groups is 3. The van der Waals surface area contributed by atoms with Crippen molar-refractivity contribution >= 4 is 23.4 Å². The number of hydrogen-bond acceptors (Lipinski definition) is 3. The second kappa shape index (κ2) is 8.44. The van der Waals surface area contributed by atoms with Crippen molar-refractivity contribution in [3.05, 3.63) is 102 Å². The molecule has 3 rings (SSSR count). The predicted octanol–water partition coefficient (Wildman–Crippen LogP) is 3.01. The fourth-order valence-corrected chi connectivity index (χ4v) is 2.38. The Morgan fingerprint density at radius 3 is 1.59 bits per heavy atom. The summed E-state index contributed by atoms with van der Waals surface area (Å²) >= 11 is 0. The third-order valence-corrected chi connectivity index (χ3v) is 3.74. The van der Waals surface area contributed by atoms with Crippen LogP contribution < -0.4 is 16.2 Å². The molecule has 3 aromatic carbocycles. The molecule has 0 heterocycles. The Labute approximate surface area is 156 Å². The van der Waals surface area contributed by atoms with Gasteiger partial charge in [-0.2, -0.15) is 0 Å². The first-order valence-corrected chi connectivity index (χ1v) is 8.26. The van der Waals surface area contributed by atoms with Crippen LogP contribution in [0.1, 0.15) is 31.1 Å². The maximum atomic E-state index is 12.2. The zero-order chi connectivity index (χ0) is 19.1. The van der Waals surface area contributed by atoms with Gasteiger partial charge in [-0.25, -0.2) is 0 Å². The number of hydrogen-bond donors (Lipinski definition) is 3. The Hall–Kier alpha value is -3.93. The fraction of sp³-hybridized carbons (Fsp3) is 0. The monoisotopic (exact) mass is 359 g/mol. The molecular formula is C21H17N3O3. The van der Waals surface area contributed by atoms with Gasteiger partial charge in [0, 0.05) is 22.4 Å². The highest BCUT2D eigenvalue weighted by Crippen LogP contribution is 2.12. The molecule has 6 heteroatoms. The zero-order valence-electron chi connectivity index (χ0n) is 14.3. The molecule has 0 aromatic heterocycles. The van der Waals surface area contributed by atoms with Gasteiger partial charge in [0.25, 0.3) is 17.7 Å². The second-order valence-corrected chi connectivity index (χ2v) is 5.68. The van der Waals surface area contributed by atoms with Gasteiger partial charge in [-0.05, 0) is 42.5 Å². The molecule has 0 unspecified atom stereocenters. The minimum absolute atomic E-state index is 0.273. The van der Waals surface area contributed by atoms with Crippen molar-refractivity contribution < 1.29 is 14.4 Å². The predicted molar refractivity (Wildman–Crippen MR) is 102 cm³/mol. The highest BCUT2D eigenvalue weighted by molar-refractivity contribution is 6.05. The fourth-order valence-electron chi connectivity index (χ4n) is 2.38. The van der Waals surface area contributed by atoms with E-state index < -0.39 is 11.8 Å². The van der Waals surface area contributed by atoms with Crippen LogP contribution in [0.3, 0.4) is 0 Å². The Morgan fingerprint density at radius 1 is 0.519 bits per heavy atom. The van der Waals surface area contributed by atoms with Crippen molar-refractivity contribution in [3.8, 4) is 0 Å². The minimum atomic E-state index is -0.491. The van der Waals surface area contributed by atoms with Gasteiger partial charge in [0.15, 0.2) is 0 Å². The molecule has 134 valence electrons. The normalized spacial score (nSPS) is 9.93. The van der Waals surface area contributed by atoms with Crippen molar-refractivity contribution in [2.45, 2.75) is 0 Å². The molecule has 0 aliphatic rings. The van der Waals surface area contributed by atoms with E-state index in [9.17, 15) is 14.4 Å². The van der Waals surface area contributed by atoms with Crippen LogP contribution >= 0.6 is 0 Å². The first-order valence-electron chi connectivity index (χ1n) is 8.26. The molecule has 0 radical (unpaired) electrons. The molecule has 0 aliphatic carbocycles. The van der Waals surface area contributed by atoms with Gasteiger partial charge in [0.1, 0.15) is 0 Å². The number of nitrogens with one attached hydrogen (secondary N) is 3. The summed E-state index contributed by atoms with van der Waals surface area (Å²) in [5.41, 5.74) is 6.44. The van der Waals surface area contributed by atoms with Crippen LogP contribution in [-0.2, 0) is 0 Å². The van der Waals surface area contributed by atoms with Crippen LogP contribution in [0.15, 0.2) is 84.9 Å². The topological polar surface area (TPSA) is 87.3 Å². The van der Waals surface area contributed by atoms with Gasteiger partial charge < -0.3 is 5.32 Å². The molecule has 0 bridgehead atoms. The van der Waals surface area contributed by atoms with Crippen molar-refractivity contribution in [1.29, 1.82) is 0 Å². The molecule has 0 spiro atoms. The standard InChI is InChI=1S/C21H17N3O3/c25-19(15-8-3-1-4-9-15)22-18-13-7-12-17(14-18)21(27)24-23-20(26)16-10-5-2-6-11-16/h1-14H,(H,22,25)(H,23,26)(H,24,27). The molecule has 27 heavy (non-hydrogen) atoms. The third-order valence-electron chi connectivity index (χ3n) is 3.74. The van der Waals surface area contributed by atoms with Gasteiger partial charge in [-0.15, -0.1) is 0 Å². The lowest BCUT2D eigenvalue weighted by molar-refractivity contribution is 0.0846. The van der Waals surface area contributed by atoms with Crippen molar-refractivity contribution in [3.63, 3.8) is 0 Å². The van der Waals surface area contributed by atoms with Crippen LogP contribution in [0.2, 0.25) is 0 Å². The van der Waals surface area contributed by atoms with Crippen LogP contribution in [0.4, 0.5) is 5.69 Å². The van der Waals surface area contributed by atoms with E-state index in [1.54, 1.807) is 72.8 Å². The van der Waals surface area contributed by atoms with E-state index in [4.69, 9.17) is 0 Å². The van der Waals surface area contributed by atoms with Gasteiger partial charge in [0.2, 0.25) is 0 Å². The van der Waals surface area contributed by atoms with E-state index in [1.807, 2.05) is 6.07 Å². The number of amides is 3. The van der Waals surface area contributed by atoms with E-state index in [1.165, 1.54) is 6.07 Å². The van der Waals surface area contributed by atoms with E-state index >= 15 is 0 Å². The molecule has 3 aromatic rings. The number of hydrazine groups is 1. The highest BCUT2D eigenvalue weighted by atomic mass is 16.2. The summed E-state index contributed by atoms with van der Waals surface area (Å²) in [5, 5.41) is 2.74. The number of rotatable bonds is 4. The van der Waals surface area contributed by atoms with Crippen molar-refractivity contribution in [2.75, 3.05) is 5.32 Å². The SMILES string of the molecule is O=C(NNC(=O)c1cccc(NC(=O)c2ccccc2)c1)c1ccccc1. The zero-order valence-corrected chi connectivity index (χ0v) is 14.3. The highest BCUT2D eigenvalue weighted by Gasteiger charge is 2.11. The van der Waals surface area contributed by atoms with E-state index in [0.717, 1.165) is 0 Å². The van der Waals surface area contributed by atoms with Gasteiger partial charge in [-0.3, -0.25) is 25.2 Å². The van der Waals surface area contributed by atoms with E-state index in [2.05, 4.69) is 16.2 Å². The van der Waals surface area contributed by atoms with Crippen molar-refractivity contribution in [2.24, 2.45) is 0 Å². The molecular weight excluding hydrogens is 342 g/mol. The van der Waals surface area contributed by atoms with Crippen LogP contribution in [0.5, 0.6) is 0 Å². The second-order valence-electron chi connectivity index (χ2n) is 5.68. The lowest BCUT2D eigenvalue weighted by Crippen LogP contribution is -2.41. The van der Waals surface area contributed by atoms with Gasteiger partial charge in [0.05, 0.1) is 0 Å². The van der Waals surface area contributed by atoms with Crippen LogP contribution in [0, 0.1) is 0 Å². The Balaban J connectivity index is 1.62. The van der Waals surface area contributed by atoms with Crippen molar-refractivity contribution in [1.82, 2.24) is 10.9 Å². The summed E-state index contributed by atoms with van der Waals surface area (Å²) in [6, 6.07) is 23.8. The molecule has 0 aliphatic heterocycles. The number of anilines is 1. The van der Waals surface area contributed by atoms with Crippen LogP contribution in [0.25, 0.3) is 0 Å². The van der Waals surface area contributed by atoms with E-state index in [0.29, 0.717) is 22.4 Å².